The van der Waals surface area contributed by atoms with Crippen LogP contribution in [0.3, 0.4) is 0 Å². The van der Waals surface area contributed by atoms with Gasteiger partial charge in [0, 0.05) is 12.0 Å². The maximum atomic E-state index is 12.8. The van der Waals surface area contributed by atoms with Gasteiger partial charge in [-0.15, -0.1) is 0 Å². The highest BCUT2D eigenvalue weighted by Gasteiger charge is 2.29. The second-order valence-corrected chi connectivity index (χ2v) is 6.04. The number of carbonyl (C=O) groups is 2. The molecule has 3 nitrogen and oxygen atoms in total. The summed E-state index contributed by atoms with van der Waals surface area (Å²) >= 11 is 0. The predicted molar refractivity (Wildman–Crippen MR) is 84.6 cm³/mol. The monoisotopic (exact) mass is 290 g/mol. The Labute approximate surface area is 127 Å². The lowest BCUT2D eigenvalue weighted by molar-refractivity contribution is -0.148. The third-order valence-corrected chi connectivity index (χ3v) is 3.50. The van der Waals surface area contributed by atoms with E-state index in [0.29, 0.717) is 12.0 Å². The smallest absolute Gasteiger partial charge is 0.306 e. The maximum absolute atomic E-state index is 12.8. The molecule has 1 unspecified atom stereocenters. The molecule has 0 heterocycles. The molecular formula is C18H26O3. The quantitative estimate of drug-likeness (QED) is 0.583. The van der Waals surface area contributed by atoms with Gasteiger partial charge in [-0.25, -0.2) is 0 Å². The second kappa shape index (κ2) is 7.39. The first-order valence-electron chi connectivity index (χ1n) is 7.59. The van der Waals surface area contributed by atoms with E-state index in [4.69, 9.17) is 4.74 Å². The normalized spacial score (nSPS) is 12.3. The lowest BCUT2D eigenvalue weighted by Crippen LogP contribution is -2.33. The summed E-state index contributed by atoms with van der Waals surface area (Å²) in [5.74, 6) is -0.435. The molecule has 0 aliphatic heterocycles. The third-order valence-electron chi connectivity index (χ3n) is 3.50. The van der Waals surface area contributed by atoms with Gasteiger partial charge < -0.3 is 4.74 Å². The maximum Gasteiger partial charge on any atom is 0.306 e. The number of carbonyl (C=O) groups excluding carboxylic acids is 2. The Hall–Kier alpha value is -1.64. The minimum Gasteiger partial charge on any atom is -0.454 e. The van der Waals surface area contributed by atoms with Crippen LogP contribution in [0.5, 0.6) is 0 Å². The van der Waals surface area contributed by atoms with Gasteiger partial charge in [0.1, 0.15) is 0 Å². The lowest BCUT2D eigenvalue weighted by atomic mass is 9.90. The molecular weight excluding hydrogens is 264 g/mol. The van der Waals surface area contributed by atoms with Crippen molar-refractivity contribution in [2.24, 2.45) is 5.92 Å². The molecule has 3 heteroatoms. The van der Waals surface area contributed by atoms with Crippen molar-refractivity contribution < 1.29 is 14.3 Å². The molecule has 0 radical (unpaired) electrons. The zero-order valence-electron chi connectivity index (χ0n) is 13.9. The van der Waals surface area contributed by atoms with Crippen LogP contribution in [0.2, 0.25) is 0 Å². The SMILES string of the molecule is CCCC(=O)OC(C(=O)c1c(C)cc(C)cc1C)C(C)C. The molecule has 0 fully saturated rings. The summed E-state index contributed by atoms with van der Waals surface area (Å²) in [7, 11) is 0. The van der Waals surface area contributed by atoms with Crippen LogP contribution in [-0.2, 0) is 9.53 Å². The van der Waals surface area contributed by atoms with Gasteiger partial charge in [0.05, 0.1) is 0 Å². The summed E-state index contributed by atoms with van der Waals surface area (Å²) in [4.78, 5) is 24.5. The number of aryl methyl sites for hydroxylation is 3. The summed E-state index contributed by atoms with van der Waals surface area (Å²) in [6.07, 6.45) is 0.368. The van der Waals surface area contributed by atoms with E-state index >= 15 is 0 Å². The van der Waals surface area contributed by atoms with Gasteiger partial charge in [-0.3, -0.25) is 9.59 Å². The highest BCUT2D eigenvalue weighted by Crippen LogP contribution is 2.22. The summed E-state index contributed by atoms with van der Waals surface area (Å²) in [6.45, 7) is 11.6. The van der Waals surface area contributed by atoms with Crippen molar-refractivity contribution >= 4 is 11.8 Å². The highest BCUT2D eigenvalue weighted by molar-refractivity contribution is 6.03. The van der Waals surface area contributed by atoms with Gasteiger partial charge in [0.15, 0.2) is 6.10 Å². The fourth-order valence-electron chi connectivity index (χ4n) is 2.61. The van der Waals surface area contributed by atoms with E-state index in [1.807, 2.05) is 53.7 Å². The average Bonchev–Trinajstić information content (AvgIpc) is 2.34. The first-order chi connectivity index (χ1) is 9.77. The van der Waals surface area contributed by atoms with Crippen molar-refractivity contribution in [3.05, 3.63) is 34.4 Å². The van der Waals surface area contributed by atoms with Crippen LogP contribution in [-0.4, -0.2) is 17.9 Å². The Kier molecular flexibility index (Phi) is 6.13. The molecule has 1 rings (SSSR count). The molecule has 0 spiro atoms. The standard InChI is InChI=1S/C18H26O3/c1-7-8-15(19)21-18(11(2)3)17(20)16-13(5)9-12(4)10-14(16)6/h9-11,18H,7-8H2,1-6H3. The molecule has 116 valence electrons. The number of rotatable bonds is 6. The number of Topliss-reactive ketones (excluding diaryl/α,β-unsaturated/α-hetero) is 1. The Morgan fingerprint density at radius 1 is 1.10 bits per heavy atom. The van der Waals surface area contributed by atoms with Gasteiger partial charge >= 0.3 is 5.97 Å². The summed E-state index contributed by atoms with van der Waals surface area (Å²) in [5, 5.41) is 0. The Balaban J connectivity index is 3.10. The van der Waals surface area contributed by atoms with Gasteiger partial charge in [0.25, 0.3) is 0 Å². The number of benzene rings is 1. The van der Waals surface area contributed by atoms with Crippen LogP contribution in [0.25, 0.3) is 0 Å². The number of hydrogen-bond donors (Lipinski definition) is 0. The number of ketones is 1. The molecule has 0 N–H and O–H groups in total. The molecule has 0 bridgehead atoms. The van der Waals surface area contributed by atoms with Crippen molar-refractivity contribution in [3.8, 4) is 0 Å². The number of esters is 1. The minimum absolute atomic E-state index is 0.0431. The Bertz CT molecular complexity index is 506. The van der Waals surface area contributed by atoms with E-state index < -0.39 is 6.10 Å². The Morgan fingerprint density at radius 2 is 1.62 bits per heavy atom. The van der Waals surface area contributed by atoms with Crippen LogP contribution < -0.4 is 0 Å². The molecule has 0 amide bonds. The van der Waals surface area contributed by atoms with Gasteiger partial charge in [-0.1, -0.05) is 38.5 Å². The third kappa shape index (κ3) is 4.42. The number of ether oxygens (including phenoxy) is 1. The minimum atomic E-state index is -0.704. The van der Waals surface area contributed by atoms with Gasteiger partial charge in [0.2, 0.25) is 5.78 Å². The van der Waals surface area contributed by atoms with Gasteiger partial charge in [-0.2, -0.15) is 0 Å². The van der Waals surface area contributed by atoms with Crippen LogP contribution in [0.1, 0.15) is 60.7 Å². The van der Waals surface area contributed by atoms with E-state index in [1.165, 1.54) is 0 Å². The molecule has 21 heavy (non-hydrogen) atoms. The zero-order chi connectivity index (χ0) is 16.2. The highest BCUT2D eigenvalue weighted by atomic mass is 16.5. The van der Waals surface area contributed by atoms with E-state index in [0.717, 1.165) is 23.1 Å². The first kappa shape index (κ1) is 17.4. The van der Waals surface area contributed by atoms with Gasteiger partial charge in [-0.05, 0) is 44.2 Å². The lowest BCUT2D eigenvalue weighted by Gasteiger charge is -2.22. The fraction of sp³-hybridized carbons (Fsp3) is 0.556. The van der Waals surface area contributed by atoms with Crippen LogP contribution in [0.4, 0.5) is 0 Å². The molecule has 1 aromatic carbocycles. The molecule has 1 atom stereocenters. The number of hydrogen-bond acceptors (Lipinski definition) is 3. The molecule has 1 aromatic rings. The van der Waals surface area contributed by atoms with Crippen LogP contribution >= 0.6 is 0 Å². The van der Waals surface area contributed by atoms with Crippen LogP contribution in [0.15, 0.2) is 12.1 Å². The van der Waals surface area contributed by atoms with Crippen LogP contribution in [0, 0.1) is 26.7 Å². The molecule has 0 aromatic heterocycles. The molecule has 0 saturated heterocycles. The molecule has 0 aliphatic carbocycles. The van der Waals surface area contributed by atoms with Crippen molar-refractivity contribution in [2.45, 2.75) is 60.5 Å². The van der Waals surface area contributed by atoms with Crippen molar-refractivity contribution in [3.63, 3.8) is 0 Å². The van der Waals surface area contributed by atoms with Crippen molar-refractivity contribution in [1.29, 1.82) is 0 Å². The van der Waals surface area contributed by atoms with E-state index in [-0.39, 0.29) is 17.7 Å². The summed E-state index contributed by atoms with van der Waals surface area (Å²) in [6, 6.07) is 3.98. The fourth-order valence-corrected chi connectivity index (χ4v) is 2.61. The summed E-state index contributed by atoms with van der Waals surface area (Å²) in [5.41, 5.74) is 3.69. The van der Waals surface area contributed by atoms with E-state index in [9.17, 15) is 9.59 Å². The predicted octanol–water partition coefficient (Wildman–Crippen LogP) is 4.16. The van der Waals surface area contributed by atoms with E-state index in [2.05, 4.69) is 0 Å². The average molecular weight is 290 g/mol. The van der Waals surface area contributed by atoms with E-state index in [1.54, 1.807) is 0 Å². The van der Waals surface area contributed by atoms with Crippen molar-refractivity contribution in [1.82, 2.24) is 0 Å². The summed E-state index contributed by atoms with van der Waals surface area (Å²) < 4.78 is 5.42. The topological polar surface area (TPSA) is 43.4 Å². The molecule has 0 saturated carbocycles. The largest absolute Gasteiger partial charge is 0.454 e. The Morgan fingerprint density at radius 3 is 2.05 bits per heavy atom. The zero-order valence-corrected chi connectivity index (χ0v) is 13.9. The van der Waals surface area contributed by atoms with Crippen molar-refractivity contribution in [2.75, 3.05) is 0 Å². The molecule has 0 aliphatic rings. The second-order valence-electron chi connectivity index (χ2n) is 6.04. The first-order valence-corrected chi connectivity index (χ1v) is 7.59.